The molecule has 1 aliphatic rings. The molecule has 1 amide bonds. The monoisotopic (exact) mass is 293 g/mol. The molecule has 108 valence electrons. The van der Waals surface area contributed by atoms with Crippen molar-refractivity contribution < 1.29 is 14.3 Å². The van der Waals surface area contributed by atoms with Crippen molar-refractivity contribution in [3.8, 4) is 0 Å². The van der Waals surface area contributed by atoms with Gasteiger partial charge in [-0.15, -0.1) is 11.3 Å². The fourth-order valence-corrected chi connectivity index (χ4v) is 3.23. The number of amides is 1. The van der Waals surface area contributed by atoms with Gasteiger partial charge in [0, 0.05) is 24.0 Å². The molecule has 1 aromatic rings. The molecule has 1 saturated heterocycles. The molecule has 0 aliphatic carbocycles. The zero-order chi connectivity index (χ0) is 14.7. The molecule has 0 aromatic carbocycles. The first kappa shape index (κ1) is 14.8. The van der Waals surface area contributed by atoms with E-state index in [0.717, 1.165) is 4.88 Å². The first-order valence-electron chi connectivity index (χ1n) is 6.62. The number of rotatable bonds is 3. The van der Waals surface area contributed by atoms with Crippen LogP contribution in [0.25, 0.3) is 6.08 Å². The van der Waals surface area contributed by atoms with E-state index in [9.17, 15) is 9.59 Å². The van der Waals surface area contributed by atoms with E-state index < -0.39 is 0 Å². The van der Waals surface area contributed by atoms with E-state index in [2.05, 4.69) is 0 Å². The predicted octanol–water partition coefficient (Wildman–Crippen LogP) is 2.34. The van der Waals surface area contributed by atoms with E-state index in [0.29, 0.717) is 13.1 Å². The average molecular weight is 293 g/mol. The molecule has 2 unspecified atom stereocenters. The molecule has 5 heteroatoms. The van der Waals surface area contributed by atoms with Gasteiger partial charge in [-0.05, 0) is 35.9 Å². The fourth-order valence-electron chi connectivity index (χ4n) is 2.41. The second-order valence-electron chi connectivity index (χ2n) is 5.15. The minimum absolute atomic E-state index is 0.0453. The Bertz CT molecular complexity index is 535. The van der Waals surface area contributed by atoms with Crippen LogP contribution in [0.2, 0.25) is 0 Å². The lowest BCUT2D eigenvalue weighted by atomic mass is 9.99. The Morgan fingerprint density at radius 1 is 1.45 bits per heavy atom. The molecule has 0 bridgehead atoms. The summed E-state index contributed by atoms with van der Waals surface area (Å²) in [5.74, 6) is -0.342. The highest BCUT2D eigenvalue weighted by Crippen LogP contribution is 2.24. The molecule has 2 heterocycles. The van der Waals surface area contributed by atoms with Crippen molar-refractivity contribution in [2.45, 2.75) is 13.8 Å². The number of aryl methyl sites for hydroxylation is 1. The standard InChI is InChI=1S/C15H19NO3S/c1-10-6-7-20-13(10)4-5-14(17)16-8-11(2)12(9-16)15(18)19-3/h4-7,11-12H,8-9H2,1-3H3/b5-4+. The van der Waals surface area contributed by atoms with Crippen LogP contribution < -0.4 is 0 Å². The second kappa shape index (κ2) is 6.22. The molecule has 0 radical (unpaired) electrons. The number of carbonyl (C=O) groups excluding carboxylic acids is 2. The molecule has 0 saturated carbocycles. The summed E-state index contributed by atoms with van der Waals surface area (Å²) in [6.45, 7) is 5.04. The van der Waals surface area contributed by atoms with E-state index in [1.807, 2.05) is 31.4 Å². The quantitative estimate of drug-likeness (QED) is 0.635. The van der Waals surface area contributed by atoms with Crippen molar-refractivity contribution in [2.24, 2.45) is 11.8 Å². The summed E-state index contributed by atoms with van der Waals surface area (Å²) in [5.41, 5.74) is 1.17. The minimum Gasteiger partial charge on any atom is -0.469 e. The van der Waals surface area contributed by atoms with Crippen LogP contribution in [0, 0.1) is 18.8 Å². The average Bonchev–Trinajstić information content (AvgIpc) is 3.01. The van der Waals surface area contributed by atoms with Crippen LogP contribution in [0.3, 0.4) is 0 Å². The zero-order valence-electron chi connectivity index (χ0n) is 12.0. The number of esters is 1. The van der Waals surface area contributed by atoms with Gasteiger partial charge in [-0.25, -0.2) is 0 Å². The molecular formula is C15H19NO3S. The Labute approximate surface area is 123 Å². The lowest BCUT2D eigenvalue weighted by molar-refractivity contribution is -0.146. The van der Waals surface area contributed by atoms with Gasteiger partial charge in [-0.2, -0.15) is 0 Å². The van der Waals surface area contributed by atoms with Gasteiger partial charge in [0.05, 0.1) is 13.0 Å². The molecule has 1 aromatic heterocycles. The molecule has 2 rings (SSSR count). The number of hydrogen-bond acceptors (Lipinski definition) is 4. The van der Waals surface area contributed by atoms with Gasteiger partial charge in [-0.3, -0.25) is 9.59 Å². The molecule has 1 fully saturated rings. The maximum atomic E-state index is 12.1. The van der Waals surface area contributed by atoms with Gasteiger partial charge in [0.25, 0.3) is 0 Å². The predicted molar refractivity (Wildman–Crippen MR) is 79.3 cm³/mol. The Hall–Kier alpha value is -1.62. The molecule has 1 aliphatic heterocycles. The number of ether oxygens (including phenoxy) is 1. The van der Waals surface area contributed by atoms with Crippen LogP contribution in [-0.2, 0) is 14.3 Å². The van der Waals surface area contributed by atoms with Crippen molar-refractivity contribution in [1.82, 2.24) is 4.90 Å². The summed E-state index contributed by atoms with van der Waals surface area (Å²) >= 11 is 1.61. The second-order valence-corrected chi connectivity index (χ2v) is 6.10. The van der Waals surface area contributed by atoms with Gasteiger partial charge in [0.15, 0.2) is 0 Å². The first-order chi connectivity index (χ1) is 9.52. The molecule has 20 heavy (non-hydrogen) atoms. The van der Waals surface area contributed by atoms with Crippen LogP contribution in [0.5, 0.6) is 0 Å². The van der Waals surface area contributed by atoms with Crippen LogP contribution in [-0.4, -0.2) is 37.0 Å². The van der Waals surface area contributed by atoms with E-state index in [1.165, 1.54) is 12.7 Å². The Kier molecular flexibility index (Phi) is 4.60. The SMILES string of the molecule is COC(=O)C1CN(C(=O)/C=C/c2sccc2C)CC1C. The highest BCUT2D eigenvalue weighted by molar-refractivity contribution is 7.11. The van der Waals surface area contributed by atoms with Gasteiger partial charge < -0.3 is 9.64 Å². The van der Waals surface area contributed by atoms with Crippen LogP contribution in [0.15, 0.2) is 17.5 Å². The summed E-state index contributed by atoms with van der Waals surface area (Å²) in [7, 11) is 1.39. The van der Waals surface area contributed by atoms with Gasteiger partial charge >= 0.3 is 5.97 Å². The summed E-state index contributed by atoms with van der Waals surface area (Å²) in [6.07, 6.45) is 3.43. The lowest BCUT2D eigenvalue weighted by Gasteiger charge is -2.13. The number of nitrogens with zero attached hydrogens (tertiary/aromatic N) is 1. The first-order valence-corrected chi connectivity index (χ1v) is 7.49. The zero-order valence-corrected chi connectivity index (χ0v) is 12.8. The number of thiophene rings is 1. The van der Waals surface area contributed by atoms with E-state index in [4.69, 9.17) is 4.74 Å². The Balaban J connectivity index is 1.99. The lowest BCUT2D eigenvalue weighted by Crippen LogP contribution is -2.28. The Morgan fingerprint density at radius 3 is 2.80 bits per heavy atom. The van der Waals surface area contributed by atoms with Crippen LogP contribution >= 0.6 is 11.3 Å². The third-order valence-electron chi connectivity index (χ3n) is 3.71. The maximum absolute atomic E-state index is 12.1. The minimum atomic E-state index is -0.231. The summed E-state index contributed by atoms with van der Waals surface area (Å²) in [4.78, 5) is 26.6. The number of likely N-dealkylation sites (tertiary alicyclic amines) is 1. The van der Waals surface area contributed by atoms with Crippen molar-refractivity contribution in [3.05, 3.63) is 28.0 Å². The fraction of sp³-hybridized carbons (Fsp3) is 0.467. The van der Waals surface area contributed by atoms with Gasteiger partial charge in [0.1, 0.15) is 0 Å². The van der Waals surface area contributed by atoms with E-state index in [1.54, 1.807) is 22.3 Å². The van der Waals surface area contributed by atoms with Crippen molar-refractivity contribution in [3.63, 3.8) is 0 Å². The third-order valence-corrected chi connectivity index (χ3v) is 4.69. The smallest absolute Gasteiger partial charge is 0.310 e. The van der Waals surface area contributed by atoms with E-state index in [-0.39, 0.29) is 23.7 Å². The molecular weight excluding hydrogens is 274 g/mol. The van der Waals surface area contributed by atoms with Crippen LogP contribution in [0.1, 0.15) is 17.4 Å². The molecule has 0 N–H and O–H groups in total. The highest BCUT2D eigenvalue weighted by Gasteiger charge is 2.36. The van der Waals surface area contributed by atoms with E-state index >= 15 is 0 Å². The molecule has 2 atom stereocenters. The van der Waals surface area contributed by atoms with Crippen molar-refractivity contribution in [2.75, 3.05) is 20.2 Å². The number of carbonyl (C=O) groups is 2. The summed E-state index contributed by atoms with van der Waals surface area (Å²) < 4.78 is 4.77. The van der Waals surface area contributed by atoms with Gasteiger partial charge in [-0.1, -0.05) is 6.92 Å². The van der Waals surface area contributed by atoms with Crippen molar-refractivity contribution >= 4 is 29.3 Å². The normalized spacial score (nSPS) is 22.4. The highest BCUT2D eigenvalue weighted by atomic mass is 32.1. The summed E-state index contributed by atoms with van der Waals surface area (Å²) in [6, 6.07) is 2.03. The topological polar surface area (TPSA) is 46.6 Å². The maximum Gasteiger partial charge on any atom is 0.310 e. The Morgan fingerprint density at radius 2 is 2.20 bits per heavy atom. The molecule has 4 nitrogen and oxygen atoms in total. The molecule has 0 spiro atoms. The van der Waals surface area contributed by atoms with Crippen molar-refractivity contribution in [1.29, 1.82) is 0 Å². The third kappa shape index (κ3) is 3.10. The number of hydrogen-bond donors (Lipinski definition) is 0. The van der Waals surface area contributed by atoms with Crippen LogP contribution in [0.4, 0.5) is 0 Å². The van der Waals surface area contributed by atoms with Gasteiger partial charge in [0.2, 0.25) is 5.91 Å². The number of methoxy groups -OCH3 is 1. The summed E-state index contributed by atoms with van der Waals surface area (Å²) in [5, 5.41) is 2.00. The largest absolute Gasteiger partial charge is 0.469 e.